The van der Waals surface area contributed by atoms with E-state index in [9.17, 15) is 0 Å². The minimum Gasteiger partial charge on any atom is -0.493 e. The van der Waals surface area contributed by atoms with E-state index in [0.29, 0.717) is 17.4 Å². The van der Waals surface area contributed by atoms with Gasteiger partial charge in [-0.1, -0.05) is 0 Å². The van der Waals surface area contributed by atoms with Crippen molar-refractivity contribution in [3.63, 3.8) is 0 Å². The molecule has 2 heterocycles. The number of aromatic nitrogens is 1. The van der Waals surface area contributed by atoms with Gasteiger partial charge in [-0.3, -0.25) is 4.98 Å². The Hall–Kier alpha value is -2.52. The molecule has 1 aliphatic rings. The quantitative estimate of drug-likeness (QED) is 0.738. The van der Waals surface area contributed by atoms with Crippen LogP contribution >= 0.6 is 0 Å². The van der Waals surface area contributed by atoms with E-state index >= 15 is 0 Å². The zero-order chi connectivity index (χ0) is 18.5. The SMILES string of the molecule is COCOc1cc2c(N3CCC(C(C)C#N)CC3)ccnc2cc1OC. The molecule has 1 aromatic heterocycles. The van der Waals surface area contributed by atoms with E-state index in [-0.39, 0.29) is 12.7 Å². The van der Waals surface area contributed by atoms with Crippen LogP contribution in [0.25, 0.3) is 10.9 Å². The number of rotatable bonds is 6. The number of piperidine rings is 1. The first kappa shape index (κ1) is 18.3. The Labute approximate surface area is 154 Å². The van der Waals surface area contributed by atoms with Gasteiger partial charge in [0, 0.05) is 49.5 Å². The molecular weight excluding hydrogens is 330 g/mol. The van der Waals surface area contributed by atoms with Gasteiger partial charge in [-0.25, -0.2) is 0 Å². The number of fused-ring (bicyclic) bond motifs is 1. The summed E-state index contributed by atoms with van der Waals surface area (Å²) < 4.78 is 16.1. The van der Waals surface area contributed by atoms with Crippen LogP contribution in [0.4, 0.5) is 5.69 Å². The van der Waals surface area contributed by atoms with E-state index in [1.54, 1.807) is 14.2 Å². The van der Waals surface area contributed by atoms with Gasteiger partial charge >= 0.3 is 0 Å². The lowest BCUT2D eigenvalue weighted by atomic mass is 9.86. The Morgan fingerprint density at radius 2 is 2.04 bits per heavy atom. The molecule has 1 unspecified atom stereocenters. The molecule has 1 fully saturated rings. The summed E-state index contributed by atoms with van der Waals surface area (Å²) in [5.74, 6) is 1.87. The molecule has 26 heavy (non-hydrogen) atoms. The third kappa shape index (κ3) is 3.68. The lowest BCUT2D eigenvalue weighted by Gasteiger charge is -2.35. The summed E-state index contributed by atoms with van der Waals surface area (Å²) in [4.78, 5) is 6.86. The number of benzene rings is 1. The molecule has 6 nitrogen and oxygen atoms in total. The fourth-order valence-electron chi connectivity index (χ4n) is 3.56. The van der Waals surface area contributed by atoms with Gasteiger partial charge < -0.3 is 19.1 Å². The van der Waals surface area contributed by atoms with Crippen LogP contribution in [-0.4, -0.2) is 39.1 Å². The third-order valence-electron chi connectivity index (χ3n) is 5.13. The van der Waals surface area contributed by atoms with E-state index in [1.165, 1.54) is 0 Å². The summed E-state index contributed by atoms with van der Waals surface area (Å²) in [6, 6.07) is 8.30. The molecule has 0 saturated carbocycles. The van der Waals surface area contributed by atoms with Crippen LogP contribution in [0, 0.1) is 23.2 Å². The van der Waals surface area contributed by atoms with Crippen LogP contribution in [0.1, 0.15) is 19.8 Å². The fourth-order valence-corrected chi connectivity index (χ4v) is 3.56. The maximum atomic E-state index is 9.15. The molecule has 0 N–H and O–H groups in total. The number of nitriles is 1. The van der Waals surface area contributed by atoms with Crippen molar-refractivity contribution in [2.75, 3.05) is 39.0 Å². The molecule has 138 valence electrons. The van der Waals surface area contributed by atoms with Gasteiger partial charge in [0.05, 0.1) is 18.7 Å². The van der Waals surface area contributed by atoms with E-state index < -0.39 is 0 Å². The minimum absolute atomic E-state index is 0.115. The van der Waals surface area contributed by atoms with E-state index in [0.717, 1.165) is 42.5 Å². The van der Waals surface area contributed by atoms with E-state index in [2.05, 4.69) is 16.0 Å². The Kier molecular flexibility index (Phi) is 5.79. The molecule has 1 aliphatic heterocycles. The molecule has 1 aromatic carbocycles. The predicted octanol–water partition coefficient (Wildman–Crippen LogP) is 3.60. The number of hydrogen-bond acceptors (Lipinski definition) is 6. The summed E-state index contributed by atoms with van der Waals surface area (Å²) in [5.41, 5.74) is 2.01. The van der Waals surface area contributed by atoms with E-state index in [4.69, 9.17) is 19.5 Å². The van der Waals surface area contributed by atoms with Crippen LogP contribution in [0.5, 0.6) is 11.5 Å². The molecule has 3 rings (SSSR count). The summed E-state index contributed by atoms with van der Waals surface area (Å²) in [5, 5.41) is 10.2. The maximum absolute atomic E-state index is 9.15. The van der Waals surface area contributed by atoms with Crippen LogP contribution in [-0.2, 0) is 4.74 Å². The van der Waals surface area contributed by atoms with Gasteiger partial charge in [0.25, 0.3) is 0 Å². The van der Waals surface area contributed by atoms with Crippen molar-refractivity contribution >= 4 is 16.6 Å². The van der Waals surface area contributed by atoms with Gasteiger partial charge in [0.1, 0.15) is 0 Å². The molecule has 0 radical (unpaired) electrons. The first-order valence-corrected chi connectivity index (χ1v) is 8.91. The Morgan fingerprint density at radius 3 is 2.69 bits per heavy atom. The zero-order valence-electron chi connectivity index (χ0n) is 15.6. The Morgan fingerprint density at radius 1 is 1.27 bits per heavy atom. The molecular formula is C20H25N3O3. The number of methoxy groups -OCH3 is 2. The average Bonchev–Trinajstić information content (AvgIpc) is 2.70. The second-order valence-corrected chi connectivity index (χ2v) is 6.64. The zero-order valence-corrected chi connectivity index (χ0v) is 15.6. The molecule has 6 heteroatoms. The van der Waals surface area contributed by atoms with Gasteiger partial charge in [-0.15, -0.1) is 0 Å². The first-order valence-electron chi connectivity index (χ1n) is 8.91. The van der Waals surface area contributed by atoms with Crippen LogP contribution in [0.3, 0.4) is 0 Å². The normalized spacial score (nSPS) is 16.3. The summed E-state index contributed by atoms with van der Waals surface area (Å²) in [7, 11) is 3.21. The molecule has 0 bridgehead atoms. The number of anilines is 1. The minimum atomic E-state index is 0.115. The van der Waals surface area contributed by atoms with Crippen LogP contribution in [0.2, 0.25) is 0 Å². The molecule has 0 aliphatic carbocycles. The standard InChI is InChI=1S/C20H25N3O3/c1-14(12-21)15-5-8-23(9-6-15)18-4-7-22-17-11-19(25-3)20(10-16(17)18)26-13-24-2/h4,7,10-11,14-15H,5-6,8-9,13H2,1-3H3. The smallest absolute Gasteiger partial charge is 0.188 e. The number of hydrogen-bond donors (Lipinski definition) is 0. The predicted molar refractivity (Wildman–Crippen MR) is 101 cm³/mol. The topological polar surface area (TPSA) is 67.6 Å². The summed E-state index contributed by atoms with van der Waals surface area (Å²) in [6.45, 7) is 4.06. The number of pyridine rings is 1. The van der Waals surface area contributed by atoms with Crippen molar-refractivity contribution < 1.29 is 14.2 Å². The van der Waals surface area contributed by atoms with Crippen molar-refractivity contribution in [3.05, 3.63) is 24.4 Å². The second-order valence-electron chi connectivity index (χ2n) is 6.64. The summed E-state index contributed by atoms with van der Waals surface area (Å²) >= 11 is 0. The highest BCUT2D eigenvalue weighted by Crippen LogP contribution is 2.37. The lowest BCUT2D eigenvalue weighted by molar-refractivity contribution is 0.0493. The van der Waals surface area contributed by atoms with Gasteiger partial charge in [0.2, 0.25) is 0 Å². The molecule has 0 amide bonds. The van der Waals surface area contributed by atoms with Gasteiger partial charge in [0.15, 0.2) is 18.3 Å². The largest absolute Gasteiger partial charge is 0.493 e. The number of nitrogens with zero attached hydrogens (tertiary/aromatic N) is 3. The molecule has 0 spiro atoms. The highest BCUT2D eigenvalue weighted by molar-refractivity contribution is 5.94. The molecule has 1 saturated heterocycles. The highest BCUT2D eigenvalue weighted by Gasteiger charge is 2.25. The van der Waals surface area contributed by atoms with Crippen LogP contribution < -0.4 is 14.4 Å². The molecule has 2 aromatic rings. The van der Waals surface area contributed by atoms with Crippen molar-refractivity contribution in [1.82, 2.24) is 4.98 Å². The molecule has 1 atom stereocenters. The fraction of sp³-hybridized carbons (Fsp3) is 0.500. The Bertz CT molecular complexity index is 795. The first-order chi connectivity index (χ1) is 12.7. The Balaban J connectivity index is 1.90. The highest BCUT2D eigenvalue weighted by atomic mass is 16.7. The summed E-state index contributed by atoms with van der Waals surface area (Å²) in [6.07, 6.45) is 3.89. The van der Waals surface area contributed by atoms with Crippen molar-refractivity contribution in [2.45, 2.75) is 19.8 Å². The van der Waals surface area contributed by atoms with Gasteiger partial charge in [-0.05, 0) is 37.8 Å². The third-order valence-corrected chi connectivity index (χ3v) is 5.13. The number of ether oxygens (including phenoxy) is 3. The van der Waals surface area contributed by atoms with Gasteiger partial charge in [-0.2, -0.15) is 5.26 Å². The van der Waals surface area contributed by atoms with Crippen molar-refractivity contribution in [3.8, 4) is 17.6 Å². The average molecular weight is 355 g/mol. The maximum Gasteiger partial charge on any atom is 0.188 e. The lowest BCUT2D eigenvalue weighted by Crippen LogP contribution is -2.35. The van der Waals surface area contributed by atoms with E-state index in [1.807, 2.05) is 31.3 Å². The van der Waals surface area contributed by atoms with Crippen molar-refractivity contribution in [2.24, 2.45) is 11.8 Å². The van der Waals surface area contributed by atoms with Crippen molar-refractivity contribution in [1.29, 1.82) is 5.26 Å². The van der Waals surface area contributed by atoms with Crippen LogP contribution in [0.15, 0.2) is 24.4 Å². The monoisotopic (exact) mass is 355 g/mol. The second kappa shape index (κ2) is 8.24.